The zero-order valence-electron chi connectivity index (χ0n) is 10.1. The normalized spacial score (nSPS) is 11.8. The van der Waals surface area contributed by atoms with Gasteiger partial charge in [0.1, 0.15) is 0 Å². The van der Waals surface area contributed by atoms with Crippen LogP contribution in [0.2, 0.25) is 0 Å². The number of carbonyl (C=O) groups is 1. The predicted octanol–water partition coefficient (Wildman–Crippen LogP) is -0.925. The van der Waals surface area contributed by atoms with Crippen LogP contribution in [0.4, 0.5) is 0 Å². The highest BCUT2D eigenvalue weighted by molar-refractivity contribution is 7.89. The van der Waals surface area contributed by atoms with Crippen molar-refractivity contribution in [1.29, 1.82) is 0 Å². The van der Waals surface area contributed by atoms with Crippen LogP contribution in [-0.2, 0) is 14.8 Å². The molecular weight excluding hydrogens is 230 g/mol. The largest absolute Gasteiger partial charge is 0.348 e. The van der Waals surface area contributed by atoms with Crippen LogP contribution in [0.15, 0.2) is 0 Å². The molecule has 0 aliphatic rings. The number of likely N-dealkylation sites (N-methyl/N-ethyl adjacent to an activating group) is 2. The number of carbonyl (C=O) groups excluding carboxylic acids is 1. The summed E-state index contributed by atoms with van der Waals surface area (Å²) >= 11 is 0. The molecule has 0 radical (unpaired) electrons. The molecule has 0 aliphatic carbocycles. The smallest absolute Gasteiger partial charge is 0.237 e. The Labute approximate surface area is 97.4 Å². The molecule has 0 saturated heterocycles. The molecule has 0 saturated carbocycles. The van der Waals surface area contributed by atoms with Gasteiger partial charge >= 0.3 is 0 Å². The van der Waals surface area contributed by atoms with Gasteiger partial charge in [0.05, 0.1) is 12.3 Å². The molecule has 16 heavy (non-hydrogen) atoms. The van der Waals surface area contributed by atoms with Gasteiger partial charge in [-0.15, -0.1) is 0 Å². The van der Waals surface area contributed by atoms with Gasteiger partial charge in [-0.05, 0) is 13.0 Å². The number of rotatable bonds is 7. The van der Waals surface area contributed by atoms with Crippen LogP contribution in [0.1, 0.15) is 13.3 Å². The van der Waals surface area contributed by atoms with E-state index in [1.54, 1.807) is 21.0 Å². The van der Waals surface area contributed by atoms with Gasteiger partial charge in [-0.25, -0.2) is 8.42 Å². The van der Waals surface area contributed by atoms with Crippen molar-refractivity contribution in [1.82, 2.24) is 9.21 Å². The summed E-state index contributed by atoms with van der Waals surface area (Å²) in [4.78, 5) is 12.8. The number of hydrogen-bond donors (Lipinski definition) is 1. The summed E-state index contributed by atoms with van der Waals surface area (Å²) in [6.07, 6.45) is 0.412. The van der Waals surface area contributed by atoms with Crippen molar-refractivity contribution < 1.29 is 13.2 Å². The molecule has 0 aromatic heterocycles. The van der Waals surface area contributed by atoms with Gasteiger partial charge in [-0.1, -0.05) is 6.92 Å². The summed E-state index contributed by atoms with van der Waals surface area (Å²) in [7, 11) is -0.158. The summed E-state index contributed by atoms with van der Waals surface area (Å²) in [6, 6.07) is 0. The summed E-state index contributed by atoms with van der Waals surface area (Å²) in [5.41, 5.74) is 5.27. The molecule has 0 rings (SSSR count). The maximum absolute atomic E-state index is 11.8. The average Bonchev–Trinajstić information content (AvgIpc) is 2.22. The highest BCUT2D eigenvalue weighted by Gasteiger charge is 2.22. The molecule has 0 spiro atoms. The van der Waals surface area contributed by atoms with Gasteiger partial charge in [0.2, 0.25) is 15.9 Å². The van der Waals surface area contributed by atoms with Crippen molar-refractivity contribution in [3.05, 3.63) is 0 Å². The van der Waals surface area contributed by atoms with E-state index in [9.17, 15) is 13.2 Å². The molecule has 7 heteroatoms. The molecule has 0 aromatic carbocycles. The fraction of sp³-hybridized carbons (Fsp3) is 0.889. The van der Waals surface area contributed by atoms with E-state index in [2.05, 4.69) is 0 Å². The minimum absolute atomic E-state index is 0.00194. The van der Waals surface area contributed by atoms with E-state index in [0.717, 1.165) is 0 Å². The van der Waals surface area contributed by atoms with Gasteiger partial charge in [-0.2, -0.15) is 4.31 Å². The maximum atomic E-state index is 11.8. The highest BCUT2D eigenvalue weighted by atomic mass is 32.2. The molecule has 1 amide bonds. The lowest BCUT2D eigenvalue weighted by Crippen LogP contribution is -2.41. The quantitative estimate of drug-likeness (QED) is 0.634. The van der Waals surface area contributed by atoms with Gasteiger partial charge in [0, 0.05) is 20.6 Å². The average molecular weight is 251 g/mol. The van der Waals surface area contributed by atoms with Crippen LogP contribution >= 0.6 is 0 Å². The second kappa shape index (κ2) is 6.82. The maximum Gasteiger partial charge on any atom is 0.237 e. The third-order valence-corrected chi connectivity index (χ3v) is 4.14. The molecule has 0 bridgehead atoms. The minimum Gasteiger partial charge on any atom is -0.348 e. The highest BCUT2D eigenvalue weighted by Crippen LogP contribution is 2.03. The van der Waals surface area contributed by atoms with E-state index in [1.165, 1.54) is 9.21 Å². The number of nitrogens with two attached hydrogens (primary N) is 1. The van der Waals surface area contributed by atoms with Crippen LogP contribution in [0.25, 0.3) is 0 Å². The molecule has 0 aliphatic heterocycles. The predicted molar refractivity (Wildman–Crippen MR) is 63.4 cm³/mol. The topological polar surface area (TPSA) is 83.7 Å². The van der Waals surface area contributed by atoms with E-state index < -0.39 is 10.0 Å². The Kier molecular flexibility index (Phi) is 6.54. The summed E-state index contributed by atoms with van der Waals surface area (Å²) in [5.74, 6) is -0.226. The summed E-state index contributed by atoms with van der Waals surface area (Å²) < 4.78 is 24.7. The Morgan fingerprint density at radius 1 is 1.31 bits per heavy atom. The van der Waals surface area contributed by atoms with Crippen LogP contribution in [0.5, 0.6) is 0 Å². The van der Waals surface area contributed by atoms with Crippen molar-refractivity contribution in [2.45, 2.75) is 13.3 Å². The number of hydrogen-bond acceptors (Lipinski definition) is 4. The second-order valence-corrected chi connectivity index (χ2v) is 5.76. The third-order valence-electron chi connectivity index (χ3n) is 2.16. The van der Waals surface area contributed by atoms with Crippen molar-refractivity contribution in [3.63, 3.8) is 0 Å². The molecule has 0 unspecified atom stereocenters. The fourth-order valence-electron chi connectivity index (χ4n) is 1.09. The molecule has 0 atom stereocenters. The molecule has 96 valence electrons. The Morgan fingerprint density at radius 3 is 2.25 bits per heavy atom. The van der Waals surface area contributed by atoms with E-state index in [0.29, 0.717) is 19.5 Å². The van der Waals surface area contributed by atoms with Crippen molar-refractivity contribution >= 4 is 15.9 Å². The molecule has 2 N–H and O–H groups in total. The monoisotopic (exact) mass is 251 g/mol. The first-order valence-electron chi connectivity index (χ1n) is 5.23. The van der Waals surface area contributed by atoms with Crippen LogP contribution in [0, 0.1) is 0 Å². The first kappa shape index (κ1) is 15.3. The molecule has 0 aromatic rings. The standard InChI is InChI=1S/C9H21N3O3S/c1-4-12(8-9(13)11(2)3)16(14,15)7-5-6-10/h4-8,10H2,1-3H3. The number of nitrogens with zero attached hydrogens (tertiary/aromatic N) is 2. The number of amides is 1. The van der Waals surface area contributed by atoms with Crippen molar-refractivity contribution in [3.8, 4) is 0 Å². The third kappa shape index (κ3) is 4.91. The van der Waals surface area contributed by atoms with Gasteiger partial charge < -0.3 is 10.6 Å². The Balaban J connectivity index is 4.54. The zero-order valence-corrected chi connectivity index (χ0v) is 11.0. The molecule has 6 nitrogen and oxygen atoms in total. The summed E-state index contributed by atoms with van der Waals surface area (Å²) in [5, 5.41) is 0. The second-order valence-electron chi connectivity index (χ2n) is 3.67. The van der Waals surface area contributed by atoms with Crippen molar-refractivity contribution in [2.75, 3.05) is 39.5 Å². The first-order valence-corrected chi connectivity index (χ1v) is 6.84. The van der Waals surface area contributed by atoms with Crippen LogP contribution in [-0.4, -0.2) is 63.0 Å². The summed E-state index contributed by atoms with van der Waals surface area (Å²) in [6.45, 7) is 2.24. The van der Waals surface area contributed by atoms with E-state index >= 15 is 0 Å². The van der Waals surface area contributed by atoms with Crippen molar-refractivity contribution in [2.24, 2.45) is 5.73 Å². The Hall–Kier alpha value is -0.660. The van der Waals surface area contributed by atoms with E-state index in [-0.39, 0.29) is 18.2 Å². The SMILES string of the molecule is CCN(CC(=O)N(C)C)S(=O)(=O)CCCN. The first-order chi connectivity index (χ1) is 7.35. The number of sulfonamides is 1. The lowest BCUT2D eigenvalue weighted by atomic mass is 10.5. The lowest BCUT2D eigenvalue weighted by Gasteiger charge is -2.21. The van der Waals surface area contributed by atoms with E-state index in [4.69, 9.17) is 5.73 Å². The van der Waals surface area contributed by atoms with Crippen LogP contribution < -0.4 is 5.73 Å². The van der Waals surface area contributed by atoms with Gasteiger partial charge in [0.15, 0.2) is 0 Å². The molecule has 0 heterocycles. The fourth-order valence-corrected chi connectivity index (χ4v) is 2.58. The minimum atomic E-state index is -3.36. The molecular formula is C9H21N3O3S. The van der Waals surface area contributed by atoms with Crippen LogP contribution in [0.3, 0.4) is 0 Å². The van der Waals surface area contributed by atoms with E-state index in [1.807, 2.05) is 0 Å². The lowest BCUT2D eigenvalue weighted by molar-refractivity contribution is -0.128. The zero-order chi connectivity index (χ0) is 12.8. The molecule has 0 fully saturated rings. The van der Waals surface area contributed by atoms with Gasteiger partial charge in [0.25, 0.3) is 0 Å². The Morgan fingerprint density at radius 2 is 1.88 bits per heavy atom. The Bertz CT molecular complexity index is 314. The van der Waals surface area contributed by atoms with Gasteiger partial charge in [-0.3, -0.25) is 4.79 Å².